The molecule has 4 heteroatoms. The summed E-state index contributed by atoms with van der Waals surface area (Å²) in [5.74, 6) is 1.39. The van der Waals surface area contributed by atoms with Gasteiger partial charge in [0.05, 0.1) is 20.3 Å². The maximum Gasteiger partial charge on any atom is 0.223 e. The summed E-state index contributed by atoms with van der Waals surface area (Å²) in [5.41, 5.74) is 2.06. The average molecular weight is 327 g/mol. The third-order valence-corrected chi connectivity index (χ3v) is 4.09. The molecule has 0 saturated heterocycles. The van der Waals surface area contributed by atoms with Gasteiger partial charge in [0.2, 0.25) is 5.91 Å². The highest BCUT2D eigenvalue weighted by Crippen LogP contribution is 2.29. The first kappa shape index (κ1) is 17.9. The molecule has 2 atom stereocenters. The Balaban J connectivity index is 2.05. The number of amides is 1. The number of benzene rings is 2. The van der Waals surface area contributed by atoms with Gasteiger partial charge in [-0.05, 0) is 37.1 Å². The van der Waals surface area contributed by atoms with Gasteiger partial charge >= 0.3 is 0 Å². The fourth-order valence-corrected chi connectivity index (χ4v) is 2.67. The summed E-state index contributed by atoms with van der Waals surface area (Å²) in [6.07, 6.45) is 0.717. The first-order valence-corrected chi connectivity index (χ1v) is 8.11. The van der Waals surface area contributed by atoms with Crippen molar-refractivity contribution in [1.29, 1.82) is 0 Å². The molecule has 24 heavy (non-hydrogen) atoms. The molecule has 1 amide bonds. The maximum absolute atomic E-state index is 12.5. The smallest absolute Gasteiger partial charge is 0.223 e. The van der Waals surface area contributed by atoms with E-state index in [1.807, 2.05) is 62.4 Å². The van der Waals surface area contributed by atoms with E-state index in [0.29, 0.717) is 6.42 Å². The normalized spacial score (nSPS) is 13.0. The molecule has 0 aliphatic heterocycles. The molecule has 0 fully saturated rings. The standard InChI is InChI=1S/C20H25NO3/c1-14(12-16-8-6-5-7-9-16)20(22)21-15(2)18-13-17(23-3)10-11-19(18)24-4/h5-11,13-15H,12H2,1-4H3,(H,21,22)/t14-,15+/m1/s1. The van der Waals surface area contributed by atoms with Crippen molar-refractivity contribution in [2.75, 3.05) is 14.2 Å². The van der Waals surface area contributed by atoms with E-state index in [1.54, 1.807) is 14.2 Å². The second-order valence-electron chi connectivity index (χ2n) is 5.93. The zero-order chi connectivity index (χ0) is 17.5. The van der Waals surface area contributed by atoms with E-state index < -0.39 is 0 Å². The molecule has 0 aromatic heterocycles. The summed E-state index contributed by atoms with van der Waals surface area (Å²) in [4.78, 5) is 12.5. The molecule has 0 aliphatic carbocycles. The Bertz CT molecular complexity index is 670. The van der Waals surface area contributed by atoms with Gasteiger partial charge in [-0.15, -0.1) is 0 Å². The second-order valence-corrected chi connectivity index (χ2v) is 5.93. The van der Waals surface area contributed by atoms with E-state index in [4.69, 9.17) is 9.47 Å². The molecule has 0 aliphatic rings. The lowest BCUT2D eigenvalue weighted by molar-refractivity contribution is -0.125. The van der Waals surface area contributed by atoms with Crippen molar-refractivity contribution >= 4 is 5.91 Å². The Morgan fingerprint density at radius 1 is 1.04 bits per heavy atom. The van der Waals surface area contributed by atoms with Crippen LogP contribution >= 0.6 is 0 Å². The molecule has 2 aromatic carbocycles. The van der Waals surface area contributed by atoms with Crippen LogP contribution in [0.3, 0.4) is 0 Å². The molecule has 0 unspecified atom stereocenters. The van der Waals surface area contributed by atoms with Crippen LogP contribution in [0.25, 0.3) is 0 Å². The monoisotopic (exact) mass is 327 g/mol. The quantitative estimate of drug-likeness (QED) is 0.842. The van der Waals surface area contributed by atoms with E-state index in [2.05, 4.69) is 5.32 Å². The van der Waals surface area contributed by atoms with Crippen molar-refractivity contribution in [2.24, 2.45) is 5.92 Å². The van der Waals surface area contributed by atoms with E-state index in [1.165, 1.54) is 0 Å². The van der Waals surface area contributed by atoms with Crippen molar-refractivity contribution in [3.63, 3.8) is 0 Å². The van der Waals surface area contributed by atoms with E-state index >= 15 is 0 Å². The minimum atomic E-state index is -0.166. The summed E-state index contributed by atoms with van der Waals surface area (Å²) in [5, 5.41) is 3.07. The minimum Gasteiger partial charge on any atom is -0.497 e. The Kier molecular flexibility index (Phi) is 6.24. The van der Waals surface area contributed by atoms with Gasteiger partial charge in [0.15, 0.2) is 0 Å². The number of rotatable bonds is 7. The SMILES string of the molecule is COc1ccc(OC)c([C@H](C)NC(=O)[C@H](C)Cc2ccccc2)c1. The molecule has 4 nitrogen and oxygen atoms in total. The highest BCUT2D eigenvalue weighted by molar-refractivity contribution is 5.79. The lowest BCUT2D eigenvalue weighted by atomic mass is 9.99. The van der Waals surface area contributed by atoms with Gasteiger partial charge in [0.1, 0.15) is 11.5 Å². The van der Waals surface area contributed by atoms with E-state index in [-0.39, 0.29) is 17.9 Å². The lowest BCUT2D eigenvalue weighted by Crippen LogP contribution is -2.32. The predicted octanol–water partition coefficient (Wildman–Crippen LogP) is 3.76. The van der Waals surface area contributed by atoms with E-state index in [0.717, 1.165) is 22.6 Å². The van der Waals surface area contributed by atoms with Gasteiger partial charge in [-0.25, -0.2) is 0 Å². The van der Waals surface area contributed by atoms with Crippen LogP contribution in [-0.2, 0) is 11.2 Å². The Hall–Kier alpha value is -2.49. The molecule has 0 spiro atoms. The van der Waals surface area contributed by atoms with Crippen LogP contribution in [0.1, 0.15) is 31.0 Å². The zero-order valence-corrected chi connectivity index (χ0v) is 14.7. The third-order valence-electron chi connectivity index (χ3n) is 4.09. The van der Waals surface area contributed by atoms with Crippen LogP contribution in [0.4, 0.5) is 0 Å². The topological polar surface area (TPSA) is 47.6 Å². The second kappa shape index (κ2) is 8.39. The summed E-state index contributed by atoms with van der Waals surface area (Å²) in [6, 6.07) is 15.5. The number of hydrogen-bond donors (Lipinski definition) is 1. The molecule has 0 saturated carbocycles. The molecule has 2 rings (SSSR count). The molecule has 1 N–H and O–H groups in total. The summed E-state index contributed by atoms with van der Waals surface area (Å²) in [6.45, 7) is 3.89. The zero-order valence-electron chi connectivity index (χ0n) is 14.7. The van der Waals surface area contributed by atoms with Gasteiger partial charge in [-0.1, -0.05) is 37.3 Å². The van der Waals surface area contributed by atoms with Crippen LogP contribution in [0.2, 0.25) is 0 Å². The number of carbonyl (C=O) groups is 1. The lowest BCUT2D eigenvalue weighted by Gasteiger charge is -2.20. The number of carbonyl (C=O) groups excluding carboxylic acids is 1. The highest BCUT2D eigenvalue weighted by Gasteiger charge is 2.19. The molecule has 0 radical (unpaired) electrons. The fraction of sp³-hybridized carbons (Fsp3) is 0.350. The van der Waals surface area contributed by atoms with Crippen LogP contribution in [0.15, 0.2) is 48.5 Å². The van der Waals surface area contributed by atoms with Crippen molar-refractivity contribution in [2.45, 2.75) is 26.3 Å². The molecule has 128 valence electrons. The summed E-state index contributed by atoms with van der Waals surface area (Å²) >= 11 is 0. The molecular formula is C20H25NO3. The summed E-state index contributed by atoms with van der Waals surface area (Å²) in [7, 11) is 3.24. The van der Waals surface area contributed by atoms with Crippen LogP contribution < -0.4 is 14.8 Å². The molecule has 0 heterocycles. The molecule has 2 aromatic rings. The number of hydrogen-bond acceptors (Lipinski definition) is 3. The van der Waals surface area contributed by atoms with Crippen LogP contribution in [0, 0.1) is 5.92 Å². The van der Waals surface area contributed by atoms with Gasteiger partial charge in [0.25, 0.3) is 0 Å². The van der Waals surface area contributed by atoms with Gasteiger partial charge in [-0.2, -0.15) is 0 Å². The number of ether oxygens (including phenoxy) is 2. The van der Waals surface area contributed by atoms with Gasteiger partial charge in [-0.3, -0.25) is 4.79 Å². The number of nitrogens with one attached hydrogen (secondary N) is 1. The van der Waals surface area contributed by atoms with Crippen LogP contribution in [0.5, 0.6) is 11.5 Å². The van der Waals surface area contributed by atoms with E-state index in [9.17, 15) is 4.79 Å². The average Bonchev–Trinajstić information content (AvgIpc) is 2.61. The number of methoxy groups -OCH3 is 2. The molecular weight excluding hydrogens is 302 g/mol. The van der Waals surface area contributed by atoms with Gasteiger partial charge < -0.3 is 14.8 Å². The Morgan fingerprint density at radius 3 is 2.38 bits per heavy atom. The maximum atomic E-state index is 12.5. The predicted molar refractivity (Wildman–Crippen MR) is 95.4 cm³/mol. The van der Waals surface area contributed by atoms with Gasteiger partial charge in [0, 0.05) is 11.5 Å². The third kappa shape index (κ3) is 4.51. The van der Waals surface area contributed by atoms with Crippen molar-refractivity contribution in [1.82, 2.24) is 5.32 Å². The van der Waals surface area contributed by atoms with Crippen molar-refractivity contribution < 1.29 is 14.3 Å². The first-order valence-electron chi connectivity index (χ1n) is 8.11. The largest absolute Gasteiger partial charge is 0.497 e. The van der Waals surface area contributed by atoms with Crippen molar-refractivity contribution in [3.8, 4) is 11.5 Å². The Labute approximate surface area is 143 Å². The highest BCUT2D eigenvalue weighted by atomic mass is 16.5. The molecule has 0 bridgehead atoms. The first-order chi connectivity index (χ1) is 11.5. The fourth-order valence-electron chi connectivity index (χ4n) is 2.67. The van der Waals surface area contributed by atoms with Crippen molar-refractivity contribution in [3.05, 3.63) is 59.7 Å². The summed E-state index contributed by atoms with van der Waals surface area (Å²) < 4.78 is 10.7. The van der Waals surface area contributed by atoms with Crippen LogP contribution in [-0.4, -0.2) is 20.1 Å². The Morgan fingerprint density at radius 2 is 1.75 bits per heavy atom. The minimum absolute atomic E-state index is 0.0243.